The average molecular weight is 421 g/mol. The largest absolute Gasteiger partial charge is 0.324 e. The molecule has 0 bridgehead atoms. The SMILES string of the molecule is Cc1c(F)cc(-c2noc(N3CCNCC3)n2)cc1NC(=O)c1cnc2ccccn12. The highest BCUT2D eigenvalue weighted by molar-refractivity contribution is 6.04. The number of nitrogens with one attached hydrogen (secondary N) is 2. The van der Waals surface area contributed by atoms with Crippen molar-refractivity contribution in [3.8, 4) is 11.4 Å². The zero-order valence-corrected chi connectivity index (χ0v) is 16.8. The first-order chi connectivity index (χ1) is 15.1. The van der Waals surface area contributed by atoms with Crippen LogP contribution in [0.15, 0.2) is 47.2 Å². The summed E-state index contributed by atoms with van der Waals surface area (Å²) >= 11 is 0. The molecule has 4 heterocycles. The molecule has 0 aliphatic carbocycles. The van der Waals surface area contributed by atoms with Crippen molar-refractivity contribution in [2.24, 2.45) is 0 Å². The highest BCUT2D eigenvalue weighted by Gasteiger charge is 2.20. The van der Waals surface area contributed by atoms with Gasteiger partial charge in [0.2, 0.25) is 5.82 Å². The summed E-state index contributed by atoms with van der Waals surface area (Å²) < 4.78 is 21.7. The van der Waals surface area contributed by atoms with Crippen molar-refractivity contribution < 1.29 is 13.7 Å². The van der Waals surface area contributed by atoms with Gasteiger partial charge in [-0.25, -0.2) is 9.37 Å². The number of nitrogens with zero attached hydrogens (tertiary/aromatic N) is 5. The predicted molar refractivity (Wildman–Crippen MR) is 113 cm³/mol. The van der Waals surface area contributed by atoms with E-state index >= 15 is 0 Å². The van der Waals surface area contributed by atoms with E-state index in [4.69, 9.17) is 4.52 Å². The molecule has 3 aromatic heterocycles. The van der Waals surface area contributed by atoms with E-state index in [0.29, 0.717) is 34.2 Å². The Labute approximate surface area is 176 Å². The van der Waals surface area contributed by atoms with Crippen LogP contribution in [0.5, 0.6) is 0 Å². The molecule has 0 spiro atoms. The Bertz CT molecular complexity index is 1260. The fourth-order valence-electron chi connectivity index (χ4n) is 3.54. The minimum Gasteiger partial charge on any atom is -0.322 e. The number of imidazole rings is 1. The molecule has 158 valence electrons. The van der Waals surface area contributed by atoms with Gasteiger partial charge in [-0.3, -0.25) is 9.20 Å². The van der Waals surface area contributed by atoms with Crippen LogP contribution in [0.2, 0.25) is 0 Å². The number of carbonyl (C=O) groups excluding carboxylic acids is 1. The number of rotatable bonds is 4. The van der Waals surface area contributed by atoms with Crippen LogP contribution in [0.4, 0.5) is 16.1 Å². The lowest BCUT2D eigenvalue weighted by atomic mass is 10.1. The van der Waals surface area contributed by atoms with Crippen LogP contribution in [0, 0.1) is 12.7 Å². The Hall–Kier alpha value is -3.79. The Morgan fingerprint density at radius 3 is 2.94 bits per heavy atom. The monoisotopic (exact) mass is 421 g/mol. The summed E-state index contributed by atoms with van der Waals surface area (Å²) in [5.41, 5.74) is 2.07. The van der Waals surface area contributed by atoms with Crippen molar-refractivity contribution in [2.45, 2.75) is 6.92 Å². The van der Waals surface area contributed by atoms with Crippen molar-refractivity contribution in [1.29, 1.82) is 0 Å². The van der Waals surface area contributed by atoms with E-state index in [1.165, 1.54) is 12.3 Å². The first kappa shape index (κ1) is 19.2. The standard InChI is InChI=1S/C21H20FN7O2/c1-13-15(22)10-14(19-26-21(31-27-19)28-8-5-23-6-9-28)11-16(13)25-20(30)17-12-24-18-4-2-3-7-29(17)18/h2-4,7,10-12,23H,5-6,8-9H2,1H3,(H,25,30). The van der Waals surface area contributed by atoms with Crippen molar-refractivity contribution in [3.63, 3.8) is 0 Å². The molecule has 1 aliphatic rings. The second kappa shape index (κ2) is 7.80. The lowest BCUT2D eigenvalue weighted by Gasteiger charge is -2.24. The molecule has 4 aromatic rings. The predicted octanol–water partition coefficient (Wildman–Crippen LogP) is 2.49. The van der Waals surface area contributed by atoms with Gasteiger partial charge in [0.1, 0.15) is 17.2 Å². The minimum absolute atomic E-state index is 0.262. The molecule has 1 aliphatic heterocycles. The highest BCUT2D eigenvalue weighted by Crippen LogP contribution is 2.28. The first-order valence-electron chi connectivity index (χ1n) is 9.93. The average Bonchev–Trinajstić information content (AvgIpc) is 3.45. The summed E-state index contributed by atoms with van der Waals surface area (Å²) in [7, 11) is 0. The number of benzene rings is 1. The van der Waals surface area contributed by atoms with Crippen LogP contribution in [0.3, 0.4) is 0 Å². The zero-order valence-electron chi connectivity index (χ0n) is 16.8. The topological polar surface area (TPSA) is 101 Å². The third kappa shape index (κ3) is 3.61. The van der Waals surface area contributed by atoms with E-state index in [0.717, 1.165) is 26.2 Å². The van der Waals surface area contributed by atoms with Gasteiger partial charge >= 0.3 is 6.01 Å². The minimum atomic E-state index is -0.473. The maximum atomic E-state index is 14.7. The Morgan fingerprint density at radius 2 is 2.10 bits per heavy atom. The molecule has 1 fully saturated rings. The highest BCUT2D eigenvalue weighted by atomic mass is 19.1. The molecule has 10 heteroatoms. The molecule has 1 saturated heterocycles. The molecule has 2 N–H and O–H groups in total. The van der Waals surface area contributed by atoms with Crippen LogP contribution in [-0.2, 0) is 0 Å². The van der Waals surface area contributed by atoms with Gasteiger partial charge in [0.15, 0.2) is 0 Å². The number of anilines is 2. The first-order valence-corrected chi connectivity index (χ1v) is 9.93. The summed E-state index contributed by atoms with van der Waals surface area (Å²) in [6, 6.07) is 8.83. The lowest BCUT2D eigenvalue weighted by Crippen LogP contribution is -2.43. The Kier molecular flexibility index (Phi) is 4.83. The molecule has 1 aromatic carbocycles. The number of hydrogen-bond acceptors (Lipinski definition) is 7. The number of aromatic nitrogens is 4. The quantitative estimate of drug-likeness (QED) is 0.522. The number of pyridine rings is 1. The van der Waals surface area contributed by atoms with Gasteiger partial charge in [-0.15, -0.1) is 0 Å². The van der Waals surface area contributed by atoms with Gasteiger partial charge in [-0.1, -0.05) is 11.2 Å². The molecule has 0 radical (unpaired) electrons. The number of fused-ring (bicyclic) bond motifs is 1. The molecule has 1 amide bonds. The summed E-state index contributed by atoms with van der Waals surface area (Å²) in [5, 5.41) is 10.0. The van der Waals surface area contributed by atoms with Gasteiger partial charge in [-0.2, -0.15) is 4.98 Å². The molecular weight excluding hydrogens is 401 g/mol. The molecule has 0 unspecified atom stereocenters. The third-order valence-electron chi connectivity index (χ3n) is 5.30. The van der Waals surface area contributed by atoms with Crippen LogP contribution < -0.4 is 15.5 Å². The van der Waals surface area contributed by atoms with Gasteiger partial charge < -0.3 is 20.1 Å². The summed E-state index contributed by atoms with van der Waals surface area (Å²) in [5.74, 6) is -0.606. The summed E-state index contributed by atoms with van der Waals surface area (Å²) in [6.45, 7) is 4.77. The molecule has 0 saturated carbocycles. The number of amides is 1. The summed E-state index contributed by atoms with van der Waals surface area (Å²) in [4.78, 5) is 23.5. The Morgan fingerprint density at radius 1 is 1.26 bits per heavy atom. The van der Waals surface area contributed by atoms with E-state index in [2.05, 4.69) is 25.8 Å². The van der Waals surface area contributed by atoms with Crippen molar-refractivity contribution in [2.75, 3.05) is 36.4 Å². The number of halogens is 1. The van der Waals surface area contributed by atoms with Crippen molar-refractivity contribution in [1.82, 2.24) is 24.8 Å². The van der Waals surface area contributed by atoms with Gasteiger partial charge in [0.05, 0.1) is 6.20 Å². The second-order valence-corrected chi connectivity index (χ2v) is 7.29. The van der Waals surface area contributed by atoms with Crippen LogP contribution >= 0.6 is 0 Å². The number of carbonyl (C=O) groups is 1. The fraction of sp³-hybridized carbons (Fsp3) is 0.238. The zero-order chi connectivity index (χ0) is 21.4. The van der Waals surface area contributed by atoms with Gasteiger partial charge in [0, 0.05) is 49.2 Å². The third-order valence-corrected chi connectivity index (χ3v) is 5.30. The van der Waals surface area contributed by atoms with E-state index in [9.17, 15) is 9.18 Å². The molecule has 31 heavy (non-hydrogen) atoms. The normalized spacial score (nSPS) is 14.2. The van der Waals surface area contributed by atoms with Crippen LogP contribution in [0.1, 0.15) is 16.1 Å². The summed E-state index contributed by atoms with van der Waals surface area (Å²) in [6.07, 6.45) is 3.23. The molecule has 0 atom stereocenters. The van der Waals surface area contributed by atoms with Gasteiger partial charge in [0.25, 0.3) is 5.91 Å². The number of piperazine rings is 1. The van der Waals surface area contributed by atoms with E-state index in [1.807, 2.05) is 17.0 Å². The van der Waals surface area contributed by atoms with E-state index in [1.54, 1.807) is 29.7 Å². The maximum Gasteiger partial charge on any atom is 0.324 e. The van der Waals surface area contributed by atoms with Crippen LogP contribution in [0.25, 0.3) is 17.0 Å². The van der Waals surface area contributed by atoms with Crippen molar-refractivity contribution in [3.05, 3.63) is 59.8 Å². The fourth-order valence-corrected chi connectivity index (χ4v) is 3.54. The molecule has 5 rings (SSSR count). The maximum absolute atomic E-state index is 14.7. The molecular formula is C21H20FN7O2. The Balaban J connectivity index is 1.44. The second-order valence-electron chi connectivity index (χ2n) is 7.29. The van der Waals surface area contributed by atoms with Gasteiger partial charge in [-0.05, 0) is 31.2 Å². The molecule has 9 nitrogen and oxygen atoms in total. The lowest BCUT2D eigenvalue weighted by molar-refractivity contribution is 0.102. The smallest absolute Gasteiger partial charge is 0.322 e. The van der Waals surface area contributed by atoms with E-state index in [-0.39, 0.29) is 5.82 Å². The van der Waals surface area contributed by atoms with Crippen LogP contribution in [-0.4, -0.2) is 51.6 Å². The van der Waals surface area contributed by atoms with Crippen molar-refractivity contribution >= 4 is 23.3 Å². The van der Waals surface area contributed by atoms with E-state index < -0.39 is 11.7 Å². The number of hydrogen-bond donors (Lipinski definition) is 2.